The van der Waals surface area contributed by atoms with Gasteiger partial charge in [-0.25, -0.2) is 0 Å². The Kier molecular flexibility index (Phi) is 1.30. The minimum absolute atomic E-state index is 0.106. The highest BCUT2D eigenvalue weighted by atomic mass is 16.7. The van der Waals surface area contributed by atoms with E-state index in [1.807, 2.05) is 0 Å². The van der Waals surface area contributed by atoms with Gasteiger partial charge in [0.1, 0.15) is 0 Å². The van der Waals surface area contributed by atoms with Crippen LogP contribution in [-0.2, 0) is 19.1 Å². The van der Waals surface area contributed by atoms with Crippen molar-refractivity contribution < 1.29 is 19.1 Å². The number of esters is 2. The van der Waals surface area contributed by atoms with Crippen LogP contribution in [0, 0.1) is 23.2 Å². The van der Waals surface area contributed by atoms with Crippen LogP contribution in [0.3, 0.4) is 0 Å². The van der Waals surface area contributed by atoms with E-state index in [1.165, 1.54) is 0 Å². The Bertz CT molecular complexity index is 292. The van der Waals surface area contributed by atoms with Crippen molar-refractivity contribution in [3.63, 3.8) is 0 Å². The maximum Gasteiger partial charge on any atom is 0.327 e. The summed E-state index contributed by atoms with van der Waals surface area (Å²) in [4.78, 5) is 21.6. The number of carbonyl (C=O) groups is 2. The highest BCUT2D eigenvalue weighted by molar-refractivity contribution is 5.82. The molecule has 0 radical (unpaired) electrons. The van der Waals surface area contributed by atoms with Gasteiger partial charge in [0.15, 0.2) is 5.92 Å². The quantitative estimate of drug-likeness (QED) is 0.457. The molecule has 5 heteroatoms. The molecule has 0 N–H and O–H groups in total. The van der Waals surface area contributed by atoms with Gasteiger partial charge < -0.3 is 9.47 Å². The van der Waals surface area contributed by atoms with Gasteiger partial charge in [-0.05, 0) is 0 Å². The fraction of sp³-hybridized carbons (Fsp3) is 0.571. The maximum atomic E-state index is 10.9. The van der Waals surface area contributed by atoms with E-state index in [0.717, 1.165) is 0 Å². The van der Waals surface area contributed by atoms with E-state index in [-0.39, 0.29) is 6.42 Å². The normalized spacial score (nSPS) is 38.4. The summed E-state index contributed by atoms with van der Waals surface area (Å²) >= 11 is 0. The van der Waals surface area contributed by atoms with Crippen molar-refractivity contribution in [2.75, 3.05) is 0 Å². The zero-order chi connectivity index (χ0) is 8.72. The Morgan fingerprint density at radius 1 is 1.42 bits per heavy atom. The third kappa shape index (κ3) is 0.780. The molecule has 0 amide bonds. The van der Waals surface area contributed by atoms with Crippen molar-refractivity contribution in [3.8, 4) is 6.07 Å². The summed E-state index contributed by atoms with van der Waals surface area (Å²) < 4.78 is 9.31. The summed E-state index contributed by atoms with van der Waals surface area (Å²) in [6.07, 6.45) is -0.705. The number of hydrogen-bond donors (Lipinski definition) is 0. The standard InChI is InChI=1S/C7H5NO4/c8-2-4-3-1-5(9)11-7(3)12-6(4)10/h3-4,7H,1H2. The Morgan fingerprint density at radius 2 is 2.17 bits per heavy atom. The lowest BCUT2D eigenvalue weighted by molar-refractivity contribution is -0.169. The molecule has 2 heterocycles. The molecule has 2 aliphatic rings. The van der Waals surface area contributed by atoms with E-state index < -0.39 is 30.1 Å². The second-order valence-electron chi connectivity index (χ2n) is 2.77. The average molecular weight is 167 g/mol. The largest absolute Gasteiger partial charge is 0.425 e. The summed E-state index contributed by atoms with van der Waals surface area (Å²) in [5.41, 5.74) is 0. The smallest absolute Gasteiger partial charge is 0.327 e. The molecule has 0 aromatic heterocycles. The minimum atomic E-state index is -0.832. The molecular weight excluding hydrogens is 162 g/mol. The highest BCUT2D eigenvalue weighted by Gasteiger charge is 2.52. The van der Waals surface area contributed by atoms with Gasteiger partial charge in [-0.1, -0.05) is 0 Å². The third-order valence-electron chi connectivity index (χ3n) is 2.05. The average Bonchev–Trinajstić information content (AvgIpc) is 2.43. The first-order valence-electron chi connectivity index (χ1n) is 3.52. The lowest BCUT2D eigenvalue weighted by Crippen LogP contribution is -2.14. The van der Waals surface area contributed by atoms with Crippen LogP contribution >= 0.6 is 0 Å². The van der Waals surface area contributed by atoms with Gasteiger partial charge in [-0.15, -0.1) is 0 Å². The van der Waals surface area contributed by atoms with Crippen molar-refractivity contribution >= 4 is 11.9 Å². The summed E-state index contributed by atoms with van der Waals surface area (Å²) in [7, 11) is 0. The second kappa shape index (κ2) is 2.21. The summed E-state index contributed by atoms with van der Waals surface area (Å²) in [6.45, 7) is 0. The molecule has 0 aromatic carbocycles. The van der Waals surface area contributed by atoms with Crippen LogP contribution in [0.2, 0.25) is 0 Å². The number of nitrogens with zero attached hydrogens (tertiary/aromatic N) is 1. The molecule has 0 aliphatic carbocycles. The number of hydrogen-bond acceptors (Lipinski definition) is 5. The van der Waals surface area contributed by atoms with Gasteiger partial charge in [0.2, 0.25) is 0 Å². The molecule has 2 saturated heterocycles. The molecular formula is C7H5NO4. The molecule has 2 fully saturated rings. The van der Waals surface area contributed by atoms with Crippen molar-refractivity contribution in [1.29, 1.82) is 5.26 Å². The van der Waals surface area contributed by atoms with Crippen molar-refractivity contribution in [2.45, 2.75) is 12.7 Å². The van der Waals surface area contributed by atoms with Crippen molar-refractivity contribution in [2.24, 2.45) is 11.8 Å². The summed E-state index contributed by atoms with van der Waals surface area (Å²) in [5.74, 6) is -2.21. The van der Waals surface area contributed by atoms with Crippen molar-refractivity contribution in [1.82, 2.24) is 0 Å². The summed E-state index contributed by atoms with van der Waals surface area (Å²) in [5, 5.41) is 8.55. The molecule has 0 aromatic rings. The second-order valence-corrected chi connectivity index (χ2v) is 2.77. The molecule has 12 heavy (non-hydrogen) atoms. The Labute approximate surface area is 67.9 Å². The Morgan fingerprint density at radius 3 is 2.83 bits per heavy atom. The first-order valence-corrected chi connectivity index (χ1v) is 3.52. The number of rotatable bonds is 0. The number of carbonyl (C=O) groups excluding carboxylic acids is 2. The first kappa shape index (κ1) is 7.10. The van der Waals surface area contributed by atoms with Gasteiger partial charge in [-0.3, -0.25) is 9.59 Å². The molecule has 2 aliphatic heterocycles. The van der Waals surface area contributed by atoms with Gasteiger partial charge >= 0.3 is 11.9 Å². The van der Waals surface area contributed by atoms with E-state index in [9.17, 15) is 9.59 Å². The van der Waals surface area contributed by atoms with Crippen molar-refractivity contribution in [3.05, 3.63) is 0 Å². The van der Waals surface area contributed by atoms with Gasteiger partial charge in [0.25, 0.3) is 6.29 Å². The Balaban J connectivity index is 2.24. The van der Waals surface area contributed by atoms with Crippen LogP contribution in [0.15, 0.2) is 0 Å². The molecule has 0 saturated carbocycles. The molecule has 2 rings (SSSR count). The fourth-order valence-corrected chi connectivity index (χ4v) is 1.45. The van der Waals surface area contributed by atoms with Crippen LogP contribution in [0.25, 0.3) is 0 Å². The zero-order valence-electron chi connectivity index (χ0n) is 6.02. The number of nitriles is 1. The van der Waals surface area contributed by atoms with Gasteiger partial charge in [0.05, 0.1) is 18.4 Å². The SMILES string of the molecule is N#CC1C(=O)OC2OC(=O)CC21. The van der Waals surface area contributed by atoms with Crippen LogP contribution < -0.4 is 0 Å². The van der Waals surface area contributed by atoms with Crippen LogP contribution in [0.5, 0.6) is 0 Å². The predicted molar refractivity (Wildman–Crippen MR) is 33.2 cm³/mol. The Hall–Kier alpha value is -1.57. The fourth-order valence-electron chi connectivity index (χ4n) is 1.45. The van der Waals surface area contributed by atoms with Crippen LogP contribution in [-0.4, -0.2) is 18.2 Å². The maximum absolute atomic E-state index is 10.9. The minimum Gasteiger partial charge on any atom is -0.425 e. The van der Waals surface area contributed by atoms with Gasteiger partial charge in [-0.2, -0.15) is 5.26 Å². The topological polar surface area (TPSA) is 76.4 Å². The molecule has 62 valence electrons. The van der Waals surface area contributed by atoms with E-state index in [2.05, 4.69) is 9.47 Å². The zero-order valence-corrected chi connectivity index (χ0v) is 6.02. The third-order valence-corrected chi connectivity index (χ3v) is 2.05. The van der Waals surface area contributed by atoms with E-state index in [4.69, 9.17) is 5.26 Å². The van der Waals surface area contributed by atoms with E-state index in [1.54, 1.807) is 6.07 Å². The van der Waals surface area contributed by atoms with Crippen LogP contribution in [0.1, 0.15) is 6.42 Å². The highest BCUT2D eigenvalue weighted by Crippen LogP contribution is 2.36. The molecule has 0 spiro atoms. The molecule has 3 unspecified atom stereocenters. The lowest BCUT2D eigenvalue weighted by Gasteiger charge is -2.03. The summed E-state index contributed by atoms with van der Waals surface area (Å²) in [6, 6.07) is 1.80. The van der Waals surface area contributed by atoms with E-state index in [0.29, 0.717) is 0 Å². The van der Waals surface area contributed by atoms with Gasteiger partial charge in [0, 0.05) is 0 Å². The molecule has 0 bridgehead atoms. The molecule has 3 atom stereocenters. The monoisotopic (exact) mass is 167 g/mol. The van der Waals surface area contributed by atoms with E-state index >= 15 is 0 Å². The predicted octanol–water partition coefficient (Wildman–Crippen LogP) is -0.428. The molecule has 5 nitrogen and oxygen atoms in total. The number of ether oxygens (including phenoxy) is 2. The van der Waals surface area contributed by atoms with Crippen LogP contribution in [0.4, 0.5) is 0 Å². The first-order chi connectivity index (χ1) is 5.72. The lowest BCUT2D eigenvalue weighted by atomic mass is 9.94. The number of fused-ring (bicyclic) bond motifs is 1.